The van der Waals surface area contributed by atoms with Gasteiger partial charge in [-0.1, -0.05) is 18.2 Å². The summed E-state index contributed by atoms with van der Waals surface area (Å²) in [5, 5.41) is 2.07. The lowest BCUT2D eigenvalue weighted by molar-refractivity contribution is -0.135. The minimum Gasteiger partial charge on any atom is -0.497 e. The number of rotatable bonds is 10. The lowest BCUT2D eigenvalue weighted by atomic mass is 10.00. The molecule has 8 heteroatoms. The third-order valence-corrected chi connectivity index (χ3v) is 7.98. The number of carbonyl (C=O) groups is 2. The van der Waals surface area contributed by atoms with E-state index in [4.69, 9.17) is 14.2 Å². The molecule has 2 aromatic carbocycles. The zero-order valence-corrected chi connectivity index (χ0v) is 22.0. The zero-order valence-electron chi connectivity index (χ0n) is 21.2. The summed E-state index contributed by atoms with van der Waals surface area (Å²) in [5.74, 6) is 2.16. The highest BCUT2D eigenvalue weighted by molar-refractivity contribution is 7.10. The van der Waals surface area contributed by atoms with E-state index in [1.165, 1.54) is 4.88 Å². The molecule has 0 bridgehead atoms. The smallest absolute Gasteiger partial charge is 0.254 e. The molecule has 0 saturated heterocycles. The fourth-order valence-corrected chi connectivity index (χ4v) is 5.73. The Bertz CT molecular complexity index is 1250. The van der Waals surface area contributed by atoms with Crippen molar-refractivity contribution in [1.29, 1.82) is 0 Å². The summed E-state index contributed by atoms with van der Waals surface area (Å²) < 4.78 is 16.9. The second-order valence-corrected chi connectivity index (χ2v) is 10.5. The van der Waals surface area contributed by atoms with Crippen LogP contribution in [0, 0.1) is 5.92 Å². The molecule has 1 saturated carbocycles. The number of methoxy groups -OCH3 is 2. The number of thiophene rings is 1. The van der Waals surface area contributed by atoms with Crippen molar-refractivity contribution in [3.05, 3.63) is 76.0 Å². The predicted octanol–water partition coefficient (Wildman–Crippen LogP) is 4.82. The summed E-state index contributed by atoms with van der Waals surface area (Å²) in [6, 6.07) is 16.5. The van der Waals surface area contributed by atoms with Crippen molar-refractivity contribution < 1.29 is 23.8 Å². The summed E-state index contributed by atoms with van der Waals surface area (Å²) in [5.41, 5.74) is 1.65. The fourth-order valence-electron chi connectivity index (χ4n) is 4.81. The predicted molar refractivity (Wildman–Crippen MR) is 143 cm³/mol. The van der Waals surface area contributed by atoms with E-state index in [1.54, 1.807) is 48.7 Å². The Morgan fingerprint density at radius 2 is 1.84 bits per heavy atom. The molecule has 0 spiro atoms. The van der Waals surface area contributed by atoms with Crippen molar-refractivity contribution in [2.75, 3.05) is 40.5 Å². The summed E-state index contributed by atoms with van der Waals surface area (Å²) in [6.45, 7) is 1.53. The minimum atomic E-state index is -0.234. The molecule has 0 radical (unpaired) electrons. The lowest BCUT2D eigenvalue weighted by Crippen LogP contribution is -2.48. The summed E-state index contributed by atoms with van der Waals surface area (Å²) >= 11 is 1.71. The van der Waals surface area contributed by atoms with Crippen LogP contribution >= 0.6 is 11.3 Å². The van der Waals surface area contributed by atoms with Crippen LogP contribution in [0.1, 0.15) is 39.7 Å². The lowest BCUT2D eigenvalue weighted by Gasteiger charge is -2.37. The van der Waals surface area contributed by atoms with Gasteiger partial charge in [0.2, 0.25) is 5.91 Å². The van der Waals surface area contributed by atoms with E-state index < -0.39 is 0 Å². The zero-order chi connectivity index (χ0) is 25.8. The normalized spacial score (nSPS) is 16.6. The molecule has 5 rings (SSSR count). The van der Waals surface area contributed by atoms with Gasteiger partial charge in [-0.2, -0.15) is 0 Å². The number of ether oxygens (including phenoxy) is 3. The van der Waals surface area contributed by atoms with Crippen molar-refractivity contribution >= 4 is 23.2 Å². The minimum absolute atomic E-state index is 0.0389. The first kappa shape index (κ1) is 25.1. The van der Waals surface area contributed by atoms with Gasteiger partial charge in [0.15, 0.2) is 11.5 Å². The average Bonchev–Trinajstić information content (AvgIpc) is 3.63. The van der Waals surface area contributed by atoms with Gasteiger partial charge in [-0.15, -0.1) is 11.3 Å². The molecular formula is C29H32N2O5S. The highest BCUT2D eigenvalue weighted by Crippen LogP contribution is 2.36. The van der Waals surface area contributed by atoms with E-state index in [9.17, 15) is 9.59 Å². The van der Waals surface area contributed by atoms with E-state index in [0.717, 1.165) is 24.8 Å². The Labute approximate surface area is 221 Å². The first-order chi connectivity index (χ1) is 18.1. The number of fused-ring (bicyclic) bond motifs is 1. The molecule has 3 aromatic rings. The van der Waals surface area contributed by atoms with Crippen molar-refractivity contribution in [1.82, 2.24) is 9.80 Å². The first-order valence-corrected chi connectivity index (χ1v) is 13.5. The molecule has 2 aliphatic rings. The average molecular weight is 521 g/mol. The van der Waals surface area contributed by atoms with Crippen LogP contribution in [-0.2, 0) is 11.2 Å². The Kier molecular flexibility index (Phi) is 7.65. The van der Waals surface area contributed by atoms with Crippen molar-refractivity contribution in [3.8, 4) is 17.2 Å². The van der Waals surface area contributed by atoms with Crippen molar-refractivity contribution in [2.45, 2.75) is 25.3 Å². The number of para-hydroxylation sites is 2. The highest BCUT2D eigenvalue weighted by atomic mass is 32.1. The van der Waals surface area contributed by atoms with Crippen LogP contribution in [0.5, 0.6) is 17.2 Å². The SMILES string of the molecule is COc1cccc(C(=O)N(CC(=O)N2CCc3sccc3[C@H]2COc2ccccc2OC)CC2CC2)c1. The Morgan fingerprint density at radius 3 is 2.59 bits per heavy atom. The van der Waals surface area contributed by atoms with Gasteiger partial charge in [-0.3, -0.25) is 9.59 Å². The Hall–Kier alpha value is -3.52. The number of benzene rings is 2. The number of amides is 2. The molecule has 2 heterocycles. The first-order valence-electron chi connectivity index (χ1n) is 12.6. The summed E-state index contributed by atoms with van der Waals surface area (Å²) in [4.78, 5) is 32.1. The topological polar surface area (TPSA) is 68.3 Å². The molecule has 194 valence electrons. The quantitative estimate of drug-likeness (QED) is 0.383. The maximum atomic E-state index is 13.8. The van der Waals surface area contributed by atoms with Crippen LogP contribution in [0.2, 0.25) is 0 Å². The summed E-state index contributed by atoms with van der Waals surface area (Å²) in [7, 11) is 3.20. The summed E-state index contributed by atoms with van der Waals surface area (Å²) in [6.07, 6.45) is 2.98. The van der Waals surface area contributed by atoms with Gasteiger partial charge in [0.25, 0.3) is 5.91 Å². The molecular weight excluding hydrogens is 488 g/mol. The maximum Gasteiger partial charge on any atom is 0.254 e. The second kappa shape index (κ2) is 11.3. The van der Waals surface area contributed by atoms with Gasteiger partial charge in [-0.05, 0) is 72.5 Å². The van der Waals surface area contributed by atoms with E-state index >= 15 is 0 Å². The van der Waals surface area contributed by atoms with Crippen molar-refractivity contribution in [2.24, 2.45) is 5.92 Å². The highest BCUT2D eigenvalue weighted by Gasteiger charge is 2.35. The van der Waals surface area contributed by atoms with Gasteiger partial charge >= 0.3 is 0 Å². The van der Waals surface area contributed by atoms with Crippen LogP contribution in [0.3, 0.4) is 0 Å². The maximum absolute atomic E-state index is 13.8. The van der Waals surface area contributed by atoms with Gasteiger partial charge in [0.1, 0.15) is 18.9 Å². The Morgan fingerprint density at radius 1 is 1.03 bits per heavy atom. The van der Waals surface area contributed by atoms with Crippen LogP contribution in [0.25, 0.3) is 0 Å². The van der Waals surface area contributed by atoms with E-state index in [0.29, 0.717) is 48.4 Å². The van der Waals surface area contributed by atoms with E-state index in [2.05, 4.69) is 11.4 Å². The molecule has 1 atom stereocenters. The molecule has 1 aliphatic heterocycles. The molecule has 1 aliphatic carbocycles. The molecule has 37 heavy (non-hydrogen) atoms. The van der Waals surface area contributed by atoms with Gasteiger partial charge < -0.3 is 24.0 Å². The second-order valence-electron chi connectivity index (χ2n) is 9.47. The molecule has 0 N–H and O–H groups in total. The largest absolute Gasteiger partial charge is 0.497 e. The standard InChI is InChI=1S/C29H32N2O5S/c1-34-22-7-5-6-21(16-22)29(33)30(17-20-10-11-20)18-28(32)31-14-12-27-23(13-15-37-27)24(31)19-36-26-9-4-3-8-25(26)35-2/h3-9,13,15-16,20,24H,10-12,14,17-19H2,1-2H3/t24-/m1/s1. The number of nitrogens with zero attached hydrogens (tertiary/aromatic N) is 2. The molecule has 2 amide bonds. The van der Waals surface area contributed by atoms with Crippen LogP contribution < -0.4 is 14.2 Å². The molecule has 7 nitrogen and oxygen atoms in total. The third kappa shape index (κ3) is 5.74. The fraction of sp³-hybridized carbons (Fsp3) is 0.379. The number of carbonyl (C=O) groups excluding carboxylic acids is 2. The monoisotopic (exact) mass is 520 g/mol. The van der Waals surface area contributed by atoms with Gasteiger partial charge in [0.05, 0.1) is 20.3 Å². The third-order valence-electron chi connectivity index (χ3n) is 6.99. The van der Waals surface area contributed by atoms with Crippen molar-refractivity contribution in [3.63, 3.8) is 0 Å². The molecule has 1 fully saturated rings. The van der Waals surface area contributed by atoms with E-state index in [1.807, 2.05) is 35.2 Å². The van der Waals surface area contributed by atoms with Gasteiger partial charge in [-0.25, -0.2) is 0 Å². The van der Waals surface area contributed by atoms with E-state index in [-0.39, 0.29) is 24.4 Å². The number of hydrogen-bond donors (Lipinski definition) is 0. The van der Waals surface area contributed by atoms with Crippen LogP contribution in [0.15, 0.2) is 60.0 Å². The molecule has 1 aromatic heterocycles. The Balaban J connectivity index is 1.35. The molecule has 0 unspecified atom stereocenters. The number of hydrogen-bond acceptors (Lipinski definition) is 6. The van der Waals surface area contributed by atoms with Gasteiger partial charge in [0, 0.05) is 23.5 Å². The van der Waals surface area contributed by atoms with Crippen LogP contribution in [0.4, 0.5) is 0 Å². The van der Waals surface area contributed by atoms with Crippen LogP contribution in [-0.4, -0.2) is 62.1 Å².